The minimum atomic E-state index is -1.01. The van der Waals surface area contributed by atoms with Crippen LogP contribution in [0.25, 0.3) is 0 Å². The van der Waals surface area contributed by atoms with Crippen LogP contribution in [0.15, 0.2) is 35.7 Å². The zero-order valence-electron chi connectivity index (χ0n) is 14.7. The van der Waals surface area contributed by atoms with E-state index in [1.807, 2.05) is 35.7 Å². The van der Waals surface area contributed by atoms with Crippen molar-refractivity contribution in [2.24, 2.45) is 0 Å². The van der Waals surface area contributed by atoms with Crippen molar-refractivity contribution in [2.75, 3.05) is 38.0 Å². The normalized spacial score (nSPS) is 22.0. The van der Waals surface area contributed by atoms with Crippen molar-refractivity contribution in [3.63, 3.8) is 0 Å². The summed E-state index contributed by atoms with van der Waals surface area (Å²) < 4.78 is 13.1. The number of halogens is 1. The van der Waals surface area contributed by atoms with Gasteiger partial charge in [-0.1, -0.05) is 6.07 Å². The summed E-state index contributed by atoms with van der Waals surface area (Å²) in [5.41, 5.74) is -0.0888. The molecule has 5 nitrogen and oxygen atoms in total. The second kappa shape index (κ2) is 7.80. The molecule has 2 aliphatic rings. The Hall–Kier alpha value is -1.22. The number of hydrogen-bond acceptors (Lipinski definition) is 6. The van der Waals surface area contributed by atoms with Crippen LogP contribution >= 0.6 is 40.1 Å². The maximum absolute atomic E-state index is 11.6. The Labute approximate surface area is 172 Å². The van der Waals surface area contributed by atoms with E-state index in [2.05, 4.69) is 9.48 Å². The number of hydrogen-bond donors (Lipinski definition) is 1. The molecule has 2 aliphatic heterocycles. The number of methoxy groups -OCH3 is 2. The summed E-state index contributed by atoms with van der Waals surface area (Å²) in [6.45, 7) is 1.32. The van der Waals surface area contributed by atoms with Gasteiger partial charge in [0, 0.05) is 11.8 Å². The molecule has 0 bridgehead atoms. The topological polar surface area (TPSA) is 44.9 Å². The average Bonchev–Trinajstić information content (AvgIpc) is 3.29. The number of β-amino-alcohol motifs (C(OH)–C–C–N with tert-alkyl or cyclic N) is 1. The van der Waals surface area contributed by atoms with Gasteiger partial charge in [-0.05, 0) is 41.8 Å². The summed E-state index contributed by atoms with van der Waals surface area (Å²) in [6.07, 6.45) is 1.06. The zero-order valence-corrected chi connectivity index (χ0v) is 18.0. The highest BCUT2D eigenvalue weighted by atomic mass is 79.9. The van der Waals surface area contributed by atoms with Gasteiger partial charge in [0.25, 0.3) is 5.72 Å². The zero-order chi connectivity index (χ0) is 17.4. The minimum Gasteiger partial charge on any atom is -0.497 e. The summed E-state index contributed by atoms with van der Waals surface area (Å²) in [4.78, 5) is 3.13. The highest BCUT2D eigenvalue weighted by molar-refractivity contribution is 8.93. The molecule has 0 spiro atoms. The number of anilines is 1. The van der Waals surface area contributed by atoms with Crippen LogP contribution in [-0.4, -0.2) is 47.9 Å². The molecule has 8 heteroatoms. The predicted molar refractivity (Wildman–Crippen MR) is 113 cm³/mol. The molecule has 1 unspecified atom stereocenters. The first-order valence-electron chi connectivity index (χ1n) is 8.20. The first kappa shape index (κ1) is 19.5. The Balaban J connectivity index is 0.00000196. The molecule has 0 aliphatic carbocycles. The second-order valence-electron chi connectivity index (χ2n) is 6.05. The first-order chi connectivity index (χ1) is 12.2. The van der Waals surface area contributed by atoms with E-state index >= 15 is 0 Å². The van der Waals surface area contributed by atoms with E-state index in [-0.39, 0.29) is 17.0 Å². The number of benzene rings is 1. The Kier molecular flexibility index (Phi) is 5.86. The fourth-order valence-electron chi connectivity index (χ4n) is 3.41. The Morgan fingerprint density at radius 2 is 2.08 bits per heavy atom. The Morgan fingerprint density at radius 3 is 2.77 bits per heavy atom. The molecule has 1 aromatic carbocycles. The van der Waals surface area contributed by atoms with Gasteiger partial charge >= 0.3 is 5.17 Å². The summed E-state index contributed by atoms with van der Waals surface area (Å²) in [5, 5.41) is 14.6. The largest absolute Gasteiger partial charge is 0.497 e. The molecular weight excluding hydrogens is 436 g/mol. The number of nitrogens with zero attached hydrogens (tertiary/aromatic N) is 2. The third kappa shape index (κ3) is 3.13. The van der Waals surface area contributed by atoms with Crippen LogP contribution in [0.2, 0.25) is 0 Å². The molecule has 0 amide bonds. The number of amidine groups is 1. The molecule has 140 valence electrons. The van der Waals surface area contributed by atoms with E-state index in [0.717, 1.165) is 45.9 Å². The number of thioether (sulfide) groups is 1. The van der Waals surface area contributed by atoms with Crippen molar-refractivity contribution in [2.45, 2.75) is 12.1 Å². The lowest BCUT2D eigenvalue weighted by molar-refractivity contribution is -0.655. The number of rotatable bonds is 4. The maximum atomic E-state index is 11.6. The third-order valence-corrected chi connectivity index (χ3v) is 6.84. The van der Waals surface area contributed by atoms with E-state index in [4.69, 9.17) is 9.47 Å². The molecular formula is C18H22BrN2O3S2+. The molecule has 3 heterocycles. The fraction of sp³-hybridized carbons (Fsp3) is 0.389. The lowest BCUT2D eigenvalue weighted by atomic mass is 10.1. The summed E-state index contributed by atoms with van der Waals surface area (Å²) >= 11 is 3.38. The van der Waals surface area contributed by atoms with Gasteiger partial charge in [-0.2, -0.15) is 0 Å². The molecule has 0 saturated heterocycles. The molecule has 2 aromatic rings. The SMILES string of the molecule is Br.COc1ccc(OC)c(N2CC(O)(c3cccs3)[N+]3=C2SCCC3)c1. The lowest BCUT2D eigenvalue weighted by Gasteiger charge is -2.22. The molecule has 1 atom stereocenters. The van der Waals surface area contributed by atoms with Crippen molar-refractivity contribution in [1.82, 2.24) is 0 Å². The van der Waals surface area contributed by atoms with Crippen LogP contribution in [0.1, 0.15) is 11.3 Å². The van der Waals surface area contributed by atoms with Gasteiger partial charge in [0.2, 0.25) is 0 Å². The Morgan fingerprint density at radius 1 is 1.23 bits per heavy atom. The van der Waals surface area contributed by atoms with Crippen LogP contribution in [0.4, 0.5) is 5.69 Å². The standard InChI is InChI=1S/C18H21N2O3S2.BrH/c1-22-13-6-7-15(23-2)14(11-13)19-12-18(21,16-5-3-9-24-16)20-8-4-10-25-17(19)20;/h3,5-7,9,11,21H,4,8,10,12H2,1-2H3;1H/q+1;. The van der Waals surface area contributed by atoms with Gasteiger partial charge in [0.15, 0.2) is 18.0 Å². The molecule has 0 radical (unpaired) electrons. The van der Waals surface area contributed by atoms with Crippen LogP contribution in [0, 0.1) is 0 Å². The van der Waals surface area contributed by atoms with Gasteiger partial charge < -0.3 is 14.6 Å². The molecule has 0 saturated carbocycles. The molecule has 0 fully saturated rings. The van der Waals surface area contributed by atoms with Gasteiger partial charge in [0.1, 0.15) is 5.75 Å². The Bertz CT molecular complexity index is 813. The number of ether oxygens (including phenoxy) is 2. The van der Waals surface area contributed by atoms with Crippen molar-refractivity contribution < 1.29 is 19.2 Å². The molecule has 1 aromatic heterocycles. The highest BCUT2D eigenvalue weighted by Gasteiger charge is 2.54. The third-order valence-electron chi connectivity index (χ3n) is 4.64. The quantitative estimate of drug-likeness (QED) is 0.711. The molecule has 26 heavy (non-hydrogen) atoms. The highest BCUT2D eigenvalue weighted by Crippen LogP contribution is 2.42. The minimum absolute atomic E-state index is 0. The van der Waals surface area contributed by atoms with Crippen molar-refractivity contribution in [1.29, 1.82) is 0 Å². The van der Waals surface area contributed by atoms with Crippen molar-refractivity contribution in [3.8, 4) is 11.5 Å². The molecule has 1 N–H and O–H groups in total. The van der Waals surface area contributed by atoms with Gasteiger partial charge in [-0.25, -0.2) is 9.48 Å². The van der Waals surface area contributed by atoms with Gasteiger partial charge in [-0.3, -0.25) is 0 Å². The van der Waals surface area contributed by atoms with Gasteiger partial charge in [-0.15, -0.1) is 28.3 Å². The first-order valence-corrected chi connectivity index (χ1v) is 10.1. The van der Waals surface area contributed by atoms with Crippen molar-refractivity contribution >= 4 is 50.9 Å². The smallest absolute Gasteiger partial charge is 0.316 e. The average molecular weight is 458 g/mol. The van der Waals surface area contributed by atoms with Crippen LogP contribution in [0.3, 0.4) is 0 Å². The summed E-state index contributed by atoms with van der Waals surface area (Å²) in [5.74, 6) is 2.60. The van der Waals surface area contributed by atoms with E-state index in [0.29, 0.717) is 6.54 Å². The van der Waals surface area contributed by atoms with Gasteiger partial charge in [0.05, 0.1) is 25.6 Å². The summed E-state index contributed by atoms with van der Waals surface area (Å²) in [7, 11) is 3.33. The second-order valence-corrected chi connectivity index (χ2v) is 8.06. The van der Waals surface area contributed by atoms with Crippen LogP contribution < -0.4 is 14.4 Å². The van der Waals surface area contributed by atoms with E-state index in [1.54, 1.807) is 37.3 Å². The number of thiophene rings is 1. The molecule has 4 rings (SSSR count). The predicted octanol–water partition coefficient (Wildman–Crippen LogP) is 3.51. The fourth-order valence-corrected chi connectivity index (χ4v) is 5.41. The maximum Gasteiger partial charge on any atom is 0.316 e. The van der Waals surface area contributed by atoms with Crippen LogP contribution in [-0.2, 0) is 5.72 Å². The lowest BCUT2D eigenvalue weighted by Crippen LogP contribution is -2.40. The van der Waals surface area contributed by atoms with Crippen LogP contribution in [0.5, 0.6) is 11.5 Å². The van der Waals surface area contributed by atoms with E-state index in [1.165, 1.54) is 0 Å². The van der Waals surface area contributed by atoms with E-state index in [9.17, 15) is 5.11 Å². The summed E-state index contributed by atoms with van der Waals surface area (Å²) in [6, 6.07) is 9.77. The van der Waals surface area contributed by atoms with Crippen molar-refractivity contribution in [3.05, 3.63) is 40.6 Å². The number of aliphatic hydroxyl groups is 1. The monoisotopic (exact) mass is 457 g/mol. The van der Waals surface area contributed by atoms with E-state index < -0.39 is 5.72 Å².